The van der Waals surface area contributed by atoms with Gasteiger partial charge in [0.2, 0.25) is 0 Å². The summed E-state index contributed by atoms with van der Waals surface area (Å²) < 4.78 is 27.9. The number of hydrogen-bond donors (Lipinski definition) is 2. The second-order valence-corrected chi connectivity index (χ2v) is 10.1. The van der Waals surface area contributed by atoms with Gasteiger partial charge in [-0.2, -0.15) is 5.10 Å². The molecule has 2 N–H and O–H groups in total. The number of nitrogens with one attached hydrogen (secondary N) is 1. The molecule has 0 aliphatic rings. The van der Waals surface area contributed by atoms with Crippen molar-refractivity contribution in [2.45, 2.75) is 11.8 Å². The van der Waals surface area contributed by atoms with E-state index in [0.29, 0.717) is 16.1 Å². The van der Waals surface area contributed by atoms with E-state index in [0.717, 1.165) is 15.1 Å². The van der Waals surface area contributed by atoms with E-state index in [9.17, 15) is 18.3 Å². The van der Waals surface area contributed by atoms with Gasteiger partial charge in [0.1, 0.15) is 12.3 Å². The number of sulfonamides is 1. The summed E-state index contributed by atoms with van der Waals surface area (Å²) in [6, 6.07) is 23.4. The van der Waals surface area contributed by atoms with E-state index in [1.54, 1.807) is 49.4 Å². The molecule has 0 fully saturated rings. The Morgan fingerprint density at radius 3 is 2.51 bits per heavy atom. The zero-order chi connectivity index (χ0) is 25.0. The maximum absolute atomic E-state index is 13.4. The number of hydrogen-bond acceptors (Lipinski definition) is 5. The highest BCUT2D eigenvalue weighted by Crippen LogP contribution is 2.29. The van der Waals surface area contributed by atoms with Crippen LogP contribution in [0.4, 0.5) is 5.69 Å². The molecule has 0 bridgehead atoms. The maximum atomic E-state index is 13.4. The summed E-state index contributed by atoms with van der Waals surface area (Å²) in [7, 11) is -4.08. The maximum Gasteiger partial charge on any atom is 0.264 e. The first-order valence-electron chi connectivity index (χ1n) is 10.6. The van der Waals surface area contributed by atoms with E-state index in [1.807, 2.05) is 24.3 Å². The lowest BCUT2D eigenvalue weighted by Crippen LogP contribution is -2.40. The Labute approximate surface area is 208 Å². The lowest BCUT2D eigenvalue weighted by atomic mass is 10.0. The van der Waals surface area contributed by atoms with Crippen LogP contribution in [0.3, 0.4) is 0 Å². The monoisotopic (exact) mass is 507 g/mol. The van der Waals surface area contributed by atoms with Gasteiger partial charge in [-0.25, -0.2) is 13.8 Å². The van der Waals surface area contributed by atoms with Crippen LogP contribution in [0.1, 0.15) is 11.1 Å². The third-order valence-corrected chi connectivity index (χ3v) is 7.40. The quantitative estimate of drug-likeness (QED) is 0.276. The first kappa shape index (κ1) is 24.3. The first-order valence-corrected chi connectivity index (χ1v) is 12.5. The Kier molecular flexibility index (Phi) is 7.04. The number of rotatable bonds is 7. The third kappa shape index (κ3) is 5.29. The summed E-state index contributed by atoms with van der Waals surface area (Å²) in [6.07, 6.45) is 1.33. The lowest BCUT2D eigenvalue weighted by molar-refractivity contribution is -0.119. The van der Waals surface area contributed by atoms with Gasteiger partial charge in [0.05, 0.1) is 16.8 Å². The Morgan fingerprint density at radius 1 is 1.03 bits per heavy atom. The Hall–Kier alpha value is -3.88. The zero-order valence-electron chi connectivity index (χ0n) is 18.7. The molecule has 35 heavy (non-hydrogen) atoms. The molecule has 4 aromatic rings. The molecule has 4 rings (SSSR count). The molecule has 0 saturated heterocycles. The smallest absolute Gasteiger partial charge is 0.264 e. The summed E-state index contributed by atoms with van der Waals surface area (Å²) in [6.45, 7) is 1.20. The van der Waals surface area contributed by atoms with Crippen LogP contribution in [0.15, 0.2) is 94.9 Å². The Balaban J connectivity index is 1.62. The van der Waals surface area contributed by atoms with Gasteiger partial charge in [-0.15, -0.1) is 0 Å². The van der Waals surface area contributed by atoms with Crippen molar-refractivity contribution in [1.29, 1.82) is 0 Å². The number of nitrogens with zero attached hydrogens (tertiary/aromatic N) is 2. The minimum atomic E-state index is -4.08. The molecular weight excluding hydrogens is 486 g/mol. The number of aromatic hydroxyl groups is 1. The van der Waals surface area contributed by atoms with Crippen molar-refractivity contribution in [3.8, 4) is 5.75 Å². The van der Waals surface area contributed by atoms with Crippen LogP contribution in [-0.2, 0) is 14.8 Å². The number of phenols is 1. The number of carbonyl (C=O) groups excluding carboxylic acids is 1. The summed E-state index contributed by atoms with van der Waals surface area (Å²) in [5.74, 6) is -0.663. The number of fused-ring (bicyclic) bond motifs is 1. The van der Waals surface area contributed by atoms with Crippen LogP contribution in [0.5, 0.6) is 5.75 Å². The first-order chi connectivity index (χ1) is 16.8. The van der Waals surface area contributed by atoms with Gasteiger partial charge >= 0.3 is 0 Å². The SMILES string of the molecule is Cc1ccc(Cl)cc1N(CC(=O)N/N=C\c1c(O)ccc2ccccc12)S(=O)(=O)c1ccccc1. The van der Waals surface area contributed by atoms with E-state index in [-0.39, 0.29) is 16.3 Å². The highest BCUT2D eigenvalue weighted by molar-refractivity contribution is 7.92. The molecule has 0 radical (unpaired) electrons. The number of halogens is 1. The Bertz CT molecular complexity index is 1520. The zero-order valence-corrected chi connectivity index (χ0v) is 20.3. The molecule has 0 aromatic heterocycles. The van der Waals surface area contributed by atoms with Crippen molar-refractivity contribution >= 4 is 50.2 Å². The molecule has 0 aliphatic carbocycles. The molecule has 0 aliphatic heterocycles. The van der Waals surface area contributed by atoms with E-state index in [1.165, 1.54) is 24.4 Å². The van der Waals surface area contributed by atoms with Gasteiger partial charge < -0.3 is 5.11 Å². The molecule has 0 spiro atoms. The van der Waals surface area contributed by atoms with E-state index < -0.39 is 22.5 Å². The van der Waals surface area contributed by atoms with Gasteiger partial charge in [-0.1, -0.05) is 66.2 Å². The molecule has 1 amide bonds. The molecule has 178 valence electrons. The van der Waals surface area contributed by atoms with Crippen LogP contribution in [0.25, 0.3) is 10.8 Å². The second-order valence-electron chi connectivity index (χ2n) is 7.77. The highest BCUT2D eigenvalue weighted by atomic mass is 35.5. The third-order valence-electron chi connectivity index (χ3n) is 5.39. The molecule has 0 heterocycles. The van der Waals surface area contributed by atoms with Gasteiger partial charge in [0.25, 0.3) is 15.9 Å². The van der Waals surface area contributed by atoms with Crippen LogP contribution < -0.4 is 9.73 Å². The minimum Gasteiger partial charge on any atom is -0.507 e. The predicted molar refractivity (Wildman–Crippen MR) is 139 cm³/mol. The lowest BCUT2D eigenvalue weighted by Gasteiger charge is -2.25. The van der Waals surface area contributed by atoms with Gasteiger partial charge in [-0.05, 0) is 53.6 Å². The van der Waals surface area contributed by atoms with Crippen LogP contribution >= 0.6 is 11.6 Å². The molecule has 4 aromatic carbocycles. The number of aryl methyl sites for hydroxylation is 1. The number of phenolic OH excluding ortho intramolecular Hbond substituents is 1. The Morgan fingerprint density at radius 2 is 1.74 bits per heavy atom. The fourth-order valence-electron chi connectivity index (χ4n) is 3.62. The number of anilines is 1. The molecule has 0 saturated carbocycles. The average molecular weight is 508 g/mol. The van der Waals surface area contributed by atoms with Gasteiger partial charge in [0.15, 0.2) is 0 Å². The van der Waals surface area contributed by atoms with Crippen molar-refractivity contribution in [3.05, 3.63) is 101 Å². The largest absolute Gasteiger partial charge is 0.507 e. The molecule has 0 unspecified atom stereocenters. The molecule has 0 atom stereocenters. The topological polar surface area (TPSA) is 99.1 Å². The molecule has 9 heteroatoms. The van der Waals surface area contributed by atoms with Crippen LogP contribution in [0, 0.1) is 6.92 Å². The minimum absolute atomic E-state index is 0.00420. The normalized spacial score (nSPS) is 11.6. The van der Waals surface area contributed by atoms with E-state index >= 15 is 0 Å². The van der Waals surface area contributed by atoms with Crippen molar-refractivity contribution in [1.82, 2.24) is 5.43 Å². The fourth-order valence-corrected chi connectivity index (χ4v) is 5.29. The van der Waals surface area contributed by atoms with E-state index in [2.05, 4.69) is 10.5 Å². The van der Waals surface area contributed by atoms with Crippen molar-refractivity contribution < 1.29 is 18.3 Å². The van der Waals surface area contributed by atoms with Crippen molar-refractivity contribution in [2.75, 3.05) is 10.8 Å². The average Bonchev–Trinajstić information content (AvgIpc) is 2.86. The number of benzene rings is 4. The predicted octanol–water partition coefficient (Wildman–Crippen LogP) is 4.85. The van der Waals surface area contributed by atoms with Gasteiger partial charge in [-0.3, -0.25) is 9.10 Å². The van der Waals surface area contributed by atoms with Crippen molar-refractivity contribution in [2.24, 2.45) is 5.10 Å². The highest BCUT2D eigenvalue weighted by Gasteiger charge is 2.28. The number of amides is 1. The summed E-state index contributed by atoms with van der Waals surface area (Å²) in [4.78, 5) is 12.9. The van der Waals surface area contributed by atoms with Gasteiger partial charge in [0, 0.05) is 10.6 Å². The summed E-state index contributed by atoms with van der Waals surface area (Å²) in [5.41, 5.74) is 3.71. The summed E-state index contributed by atoms with van der Waals surface area (Å²) >= 11 is 6.14. The van der Waals surface area contributed by atoms with E-state index in [4.69, 9.17) is 11.6 Å². The second kappa shape index (κ2) is 10.2. The number of hydrazone groups is 1. The molecular formula is C26H22ClN3O4S. The fraction of sp³-hybridized carbons (Fsp3) is 0.0769. The molecule has 7 nitrogen and oxygen atoms in total. The number of carbonyl (C=O) groups is 1. The van der Waals surface area contributed by atoms with Crippen LogP contribution in [-0.4, -0.2) is 32.2 Å². The van der Waals surface area contributed by atoms with Crippen LogP contribution in [0.2, 0.25) is 5.02 Å². The summed E-state index contributed by atoms with van der Waals surface area (Å²) in [5, 5.41) is 16.2. The standard InChI is InChI=1S/C26H22ClN3O4S/c1-18-11-13-20(27)15-24(18)30(35(33,34)21-8-3-2-4-9-21)17-26(32)29-28-16-23-22-10-6-5-7-19(22)12-14-25(23)31/h2-16,31H,17H2,1H3,(H,29,32)/b28-16-. The van der Waals surface area contributed by atoms with Crippen molar-refractivity contribution in [3.63, 3.8) is 0 Å².